The molecule has 1 aliphatic carbocycles. The monoisotopic (exact) mass is 208 g/mol. The molecule has 0 aromatic heterocycles. The molecule has 1 fully saturated rings. The van der Waals surface area contributed by atoms with Gasteiger partial charge in [0.15, 0.2) is 5.96 Å². The lowest BCUT2D eigenvalue weighted by atomic mass is 10.2. The van der Waals surface area contributed by atoms with E-state index in [2.05, 4.69) is 28.6 Å². The van der Waals surface area contributed by atoms with E-state index in [-0.39, 0.29) is 0 Å². The molecule has 4 heteroatoms. The van der Waals surface area contributed by atoms with Crippen molar-refractivity contribution in [3.05, 3.63) is 0 Å². The Bertz CT molecular complexity index is 254. The van der Waals surface area contributed by atoms with Crippen LogP contribution in [0, 0.1) is 17.2 Å². The van der Waals surface area contributed by atoms with Crippen molar-refractivity contribution < 1.29 is 0 Å². The Morgan fingerprint density at radius 3 is 2.80 bits per heavy atom. The maximum Gasteiger partial charge on any atom is 0.191 e. The SMILES string of the molecule is CN=C(NCCCCC#N)NC1CC1C. The summed E-state index contributed by atoms with van der Waals surface area (Å²) in [5, 5.41) is 15.0. The van der Waals surface area contributed by atoms with Crippen molar-refractivity contribution in [3.63, 3.8) is 0 Å². The van der Waals surface area contributed by atoms with Crippen molar-refractivity contribution in [1.29, 1.82) is 5.26 Å². The van der Waals surface area contributed by atoms with Crippen LogP contribution in [0.5, 0.6) is 0 Å². The zero-order valence-corrected chi connectivity index (χ0v) is 9.58. The first-order valence-electron chi connectivity index (χ1n) is 5.62. The Hall–Kier alpha value is -1.24. The second-order valence-corrected chi connectivity index (χ2v) is 4.08. The van der Waals surface area contributed by atoms with E-state index in [0.717, 1.165) is 31.3 Å². The summed E-state index contributed by atoms with van der Waals surface area (Å²) in [6.07, 6.45) is 3.87. The molecule has 84 valence electrons. The Morgan fingerprint density at radius 1 is 1.53 bits per heavy atom. The highest BCUT2D eigenvalue weighted by atomic mass is 15.2. The van der Waals surface area contributed by atoms with E-state index in [1.807, 2.05) is 0 Å². The van der Waals surface area contributed by atoms with E-state index in [9.17, 15) is 0 Å². The maximum absolute atomic E-state index is 8.37. The van der Waals surface area contributed by atoms with Crippen LogP contribution in [0.1, 0.15) is 32.6 Å². The number of nitrogens with one attached hydrogen (secondary N) is 2. The molecular formula is C11H20N4. The van der Waals surface area contributed by atoms with E-state index in [1.54, 1.807) is 7.05 Å². The largest absolute Gasteiger partial charge is 0.356 e. The minimum atomic E-state index is 0.607. The van der Waals surface area contributed by atoms with Gasteiger partial charge in [-0.05, 0) is 25.2 Å². The average Bonchev–Trinajstić information content (AvgIpc) is 2.92. The van der Waals surface area contributed by atoms with Crippen molar-refractivity contribution >= 4 is 5.96 Å². The number of nitrogens with zero attached hydrogens (tertiary/aromatic N) is 2. The fraction of sp³-hybridized carbons (Fsp3) is 0.818. The molecule has 0 amide bonds. The van der Waals surface area contributed by atoms with Gasteiger partial charge < -0.3 is 10.6 Å². The standard InChI is InChI=1S/C11H20N4/c1-9-8-10(9)15-11(13-2)14-7-5-3-4-6-12/h9-10H,3-5,7-8H2,1-2H3,(H2,13,14,15). The molecule has 0 aromatic rings. The van der Waals surface area contributed by atoms with Gasteiger partial charge in [-0.25, -0.2) is 0 Å². The first-order valence-corrected chi connectivity index (χ1v) is 5.62. The summed E-state index contributed by atoms with van der Waals surface area (Å²) >= 11 is 0. The Labute approximate surface area is 91.8 Å². The van der Waals surface area contributed by atoms with E-state index >= 15 is 0 Å². The second kappa shape index (κ2) is 6.28. The summed E-state index contributed by atoms with van der Waals surface area (Å²) < 4.78 is 0. The van der Waals surface area contributed by atoms with Crippen LogP contribution in [0.2, 0.25) is 0 Å². The minimum Gasteiger partial charge on any atom is -0.356 e. The van der Waals surface area contributed by atoms with Crippen molar-refractivity contribution in [3.8, 4) is 6.07 Å². The Morgan fingerprint density at radius 2 is 2.27 bits per heavy atom. The van der Waals surface area contributed by atoms with Gasteiger partial charge in [0.25, 0.3) is 0 Å². The van der Waals surface area contributed by atoms with Crippen LogP contribution >= 0.6 is 0 Å². The Balaban J connectivity index is 2.05. The van der Waals surface area contributed by atoms with Gasteiger partial charge in [-0.2, -0.15) is 5.26 Å². The second-order valence-electron chi connectivity index (χ2n) is 4.08. The average molecular weight is 208 g/mol. The van der Waals surface area contributed by atoms with Crippen LogP contribution in [0.3, 0.4) is 0 Å². The molecule has 1 aliphatic rings. The molecule has 0 heterocycles. The third-order valence-electron chi connectivity index (χ3n) is 2.66. The molecule has 2 N–H and O–H groups in total. The lowest BCUT2D eigenvalue weighted by molar-refractivity contribution is 0.698. The van der Waals surface area contributed by atoms with Crippen LogP contribution in [-0.4, -0.2) is 25.6 Å². The first kappa shape index (κ1) is 11.8. The van der Waals surface area contributed by atoms with Crippen LogP contribution < -0.4 is 10.6 Å². The quantitative estimate of drug-likeness (QED) is 0.406. The summed E-state index contributed by atoms with van der Waals surface area (Å²) in [6, 6.07) is 2.75. The molecule has 0 spiro atoms. The fourth-order valence-corrected chi connectivity index (χ4v) is 1.43. The summed E-state index contributed by atoms with van der Waals surface area (Å²) in [6.45, 7) is 3.13. The van der Waals surface area contributed by atoms with Crippen LogP contribution in [0.4, 0.5) is 0 Å². The highest BCUT2D eigenvalue weighted by Crippen LogP contribution is 2.28. The zero-order valence-electron chi connectivity index (χ0n) is 9.58. The molecule has 1 saturated carbocycles. The van der Waals surface area contributed by atoms with Crippen LogP contribution in [-0.2, 0) is 0 Å². The first-order chi connectivity index (χ1) is 7.27. The number of aliphatic imine (C=N–C) groups is 1. The van der Waals surface area contributed by atoms with Crippen molar-refractivity contribution in [2.24, 2.45) is 10.9 Å². The number of guanidine groups is 1. The van der Waals surface area contributed by atoms with Crippen LogP contribution in [0.15, 0.2) is 4.99 Å². The molecule has 0 radical (unpaired) electrons. The summed E-state index contributed by atoms with van der Waals surface area (Å²) in [4.78, 5) is 4.15. The van der Waals surface area contributed by atoms with Gasteiger partial charge in [-0.1, -0.05) is 6.92 Å². The van der Waals surface area contributed by atoms with Gasteiger partial charge in [0.2, 0.25) is 0 Å². The van der Waals surface area contributed by atoms with Gasteiger partial charge >= 0.3 is 0 Å². The smallest absolute Gasteiger partial charge is 0.191 e. The highest BCUT2D eigenvalue weighted by Gasteiger charge is 2.32. The van der Waals surface area contributed by atoms with Crippen molar-refractivity contribution in [2.75, 3.05) is 13.6 Å². The minimum absolute atomic E-state index is 0.607. The topological polar surface area (TPSA) is 60.2 Å². The van der Waals surface area contributed by atoms with Gasteiger partial charge in [-0.15, -0.1) is 0 Å². The van der Waals surface area contributed by atoms with Gasteiger partial charge in [0, 0.05) is 26.1 Å². The van der Waals surface area contributed by atoms with Gasteiger partial charge in [0.05, 0.1) is 6.07 Å². The third-order valence-corrected chi connectivity index (χ3v) is 2.66. The van der Waals surface area contributed by atoms with Gasteiger partial charge in [0.1, 0.15) is 0 Å². The predicted octanol–water partition coefficient (Wildman–Crippen LogP) is 1.25. The Kier molecular flexibility index (Phi) is 4.96. The summed E-state index contributed by atoms with van der Waals surface area (Å²) in [5.74, 6) is 1.67. The van der Waals surface area contributed by atoms with E-state index < -0.39 is 0 Å². The number of hydrogen-bond acceptors (Lipinski definition) is 2. The van der Waals surface area contributed by atoms with Crippen molar-refractivity contribution in [1.82, 2.24) is 10.6 Å². The predicted molar refractivity (Wildman–Crippen MR) is 61.5 cm³/mol. The van der Waals surface area contributed by atoms with Gasteiger partial charge in [-0.3, -0.25) is 4.99 Å². The van der Waals surface area contributed by atoms with Crippen LogP contribution in [0.25, 0.3) is 0 Å². The normalized spacial score (nSPS) is 24.5. The van der Waals surface area contributed by atoms with E-state index in [4.69, 9.17) is 5.26 Å². The van der Waals surface area contributed by atoms with E-state index in [1.165, 1.54) is 6.42 Å². The molecule has 2 unspecified atom stereocenters. The van der Waals surface area contributed by atoms with E-state index in [0.29, 0.717) is 12.5 Å². The summed E-state index contributed by atoms with van der Waals surface area (Å²) in [5.41, 5.74) is 0. The number of hydrogen-bond donors (Lipinski definition) is 2. The molecular weight excluding hydrogens is 188 g/mol. The lowest BCUT2D eigenvalue weighted by Gasteiger charge is -2.10. The fourth-order valence-electron chi connectivity index (χ4n) is 1.43. The number of unbranched alkanes of at least 4 members (excludes halogenated alkanes) is 2. The number of nitriles is 1. The molecule has 0 aromatic carbocycles. The molecule has 4 nitrogen and oxygen atoms in total. The molecule has 0 saturated heterocycles. The zero-order chi connectivity index (χ0) is 11.1. The lowest BCUT2D eigenvalue weighted by Crippen LogP contribution is -2.39. The van der Waals surface area contributed by atoms with Crippen molar-refractivity contribution in [2.45, 2.75) is 38.6 Å². The third kappa shape index (κ3) is 4.68. The molecule has 15 heavy (non-hydrogen) atoms. The summed E-state index contributed by atoms with van der Waals surface area (Å²) in [7, 11) is 1.79. The molecule has 0 aliphatic heterocycles. The highest BCUT2D eigenvalue weighted by molar-refractivity contribution is 5.80. The maximum atomic E-state index is 8.37. The molecule has 1 rings (SSSR count). The molecule has 0 bridgehead atoms. The number of rotatable bonds is 5. The molecule has 2 atom stereocenters.